The maximum absolute atomic E-state index is 12.5. The summed E-state index contributed by atoms with van der Waals surface area (Å²) in [6, 6.07) is 9.32. The van der Waals surface area contributed by atoms with Crippen LogP contribution in [0, 0.1) is 5.92 Å². The second kappa shape index (κ2) is 7.41. The van der Waals surface area contributed by atoms with E-state index in [9.17, 15) is 4.79 Å². The topological polar surface area (TPSA) is 29.4 Å². The number of ketones is 1. The number of Topliss-reactive ketones (excluding diaryl/α,β-unsaturated/α-hetero) is 1. The molecule has 0 saturated heterocycles. The van der Waals surface area contributed by atoms with E-state index in [1.54, 1.807) is 11.3 Å². The first-order valence-electron chi connectivity index (χ1n) is 6.85. The fraction of sp³-hybridized carbons (Fsp3) is 0.294. The summed E-state index contributed by atoms with van der Waals surface area (Å²) in [6.07, 6.45) is 0.689. The Bertz CT molecular complexity index is 638. The third-order valence-corrected chi connectivity index (χ3v) is 4.02. The summed E-state index contributed by atoms with van der Waals surface area (Å²) in [5, 5.41) is 6.48. The molecule has 0 aliphatic rings. The van der Waals surface area contributed by atoms with Crippen molar-refractivity contribution in [3.8, 4) is 11.1 Å². The first-order chi connectivity index (χ1) is 10.1. The number of carbonyl (C=O) groups excluding carboxylic acids is 1. The molecule has 2 nitrogen and oxygen atoms in total. The molecule has 2 rings (SSSR count). The van der Waals surface area contributed by atoms with Gasteiger partial charge in [0, 0.05) is 5.56 Å². The van der Waals surface area contributed by atoms with Gasteiger partial charge in [-0.25, -0.2) is 4.99 Å². The molecule has 1 aromatic heterocycles. The molecule has 1 unspecified atom stereocenters. The highest BCUT2D eigenvalue weighted by Gasteiger charge is 2.20. The van der Waals surface area contributed by atoms with Crippen molar-refractivity contribution in [2.24, 2.45) is 10.9 Å². The van der Waals surface area contributed by atoms with Gasteiger partial charge in [-0.2, -0.15) is 11.3 Å². The van der Waals surface area contributed by atoms with E-state index in [1.165, 1.54) is 5.56 Å². The zero-order valence-corrected chi connectivity index (χ0v) is 13.7. The molecule has 0 N–H and O–H groups in total. The molecule has 0 aliphatic carbocycles. The average molecular weight is 315 g/mol. The molecular formula is C17H17NOS2. The molecule has 1 heterocycles. The molecule has 2 aromatic rings. The van der Waals surface area contributed by atoms with Crippen LogP contribution in [-0.2, 0) is 0 Å². The predicted molar refractivity (Wildman–Crippen MR) is 92.4 cm³/mol. The van der Waals surface area contributed by atoms with Crippen molar-refractivity contribution < 1.29 is 4.79 Å². The Morgan fingerprint density at radius 1 is 1.24 bits per heavy atom. The van der Waals surface area contributed by atoms with Crippen LogP contribution in [0.2, 0.25) is 0 Å². The van der Waals surface area contributed by atoms with Gasteiger partial charge in [-0.15, -0.1) is 0 Å². The Labute approximate surface area is 134 Å². The molecule has 4 heteroatoms. The minimum absolute atomic E-state index is 0.0120. The molecule has 21 heavy (non-hydrogen) atoms. The van der Waals surface area contributed by atoms with Crippen LogP contribution in [0.5, 0.6) is 0 Å². The van der Waals surface area contributed by atoms with Crippen LogP contribution in [-0.4, -0.2) is 17.0 Å². The molecule has 0 bridgehead atoms. The molecule has 1 atom stereocenters. The first-order valence-corrected chi connectivity index (χ1v) is 8.20. The Morgan fingerprint density at radius 2 is 1.95 bits per heavy atom. The van der Waals surface area contributed by atoms with E-state index in [0.717, 1.165) is 5.56 Å². The quantitative estimate of drug-likeness (QED) is 0.421. The predicted octanol–water partition coefficient (Wildman–Crippen LogP) is 5.12. The lowest BCUT2D eigenvalue weighted by atomic mass is 9.95. The van der Waals surface area contributed by atoms with Gasteiger partial charge in [-0.3, -0.25) is 4.79 Å². The number of isothiocyanates is 1. The van der Waals surface area contributed by atoms with E-state index < -0.39 is 6.04 Å². The lowest BCUT2D eigenvalue weighted by Gasteiger charge is -2.12. The molecule has 0 fully saturated rings. The van der Waals surface area contributed by atoms with Gasteiger partial charge in [0.15, 0.2) is 5.78 Å². The van der Waals surface area contributed by atoms with Crippen LogP contribution >= 0.6 is 23.6 Å². The van der Waals surface area contributed by atoms with Gasteiger partial charge in [0.05, 0.1) is 5.16 Å². The van der Waals surface area contributed by atoms with Gasteiger partial charge in [-0.1, -0.05) is 38.1 Å². The minimum Gasteiger partial charge on any atom is -0.292 e. The van der Waals surface area contributed by atoms with E-state index in [0.29, 0.717) is 17.9 Å². The Kier molecular flexibility index (Phi) is 5.57. The number of rotatable bonds is 6. The fourth-order valence-corrected chi connectivity index (χ4v) is 2.97. The largest absolute Gasteiger partial charge is 0.292 e. The van der Waals surface area contributed by atoms with Gasteiger partial charge in [0.2, 0.25) is 0 Å². The lowest BCUT2D eigenvalue weighted by molar-refractivity contribution is 0.0953. The van der Waals surface area contributed by atoms with E-state index >= 15 is 0 Å². The fourth-order valence-electron chi connectivity index (χ4n) is 2.18. The van der Waals surface area contributed by atoms with Gasteiger partial charge < -0.3 is 0 Å². The lowest BCUT2D eigenvalue weighted by Crippen LogP contribution is -2.20. The van der Waals surface area contributed by atoms with Crippen LogP contribution in [0.4, 0.5) is 0 Å². The zero-order chi connectivity index (χ0) is 15.2. The van der Waals surface area contributed by atoms with Crippen molar-refractivity contribution in [2.45, 2.75) is 26.3 Å². The van der Waals surface area contributed by atoms with Crippen LogP contribution < -0.4 is 0 Å². The zero-order valence-electron chi connectivity index (χ0n) is 12.1. The molecule has 1 aromatic carbocycles. The van der Waals surface area contributed by atoms with E-state index in [1.807, 2.05) is 29.6 Å². The smallest absolute Gasteiger partial charge is 0.188 e. The second-order valence-electron chi connectivity index (χ2n) is 5.32. The maximum atomic E-state index is 12.5. The highest BCUT2D eigenvalue weighted by atomic mass is 32.1. The van der Waals surface area contributed by atoms with Crippen molar-refractivity contribution >= 4 is 34.5 Å². The number of hydrogen-bond donors (Lipinski definition) is 0. The third kappa shape index (κ3) is 4.18. The second-order valence-corrected chi connectivity index (χ2v) is 6.28. The summed E-state index contributed by atoms with van der Waals surface area (Å²) in [7, 11) is 0. The minimum atomic E-state index is -0.422. The third-order valence-electron chi connectivity index (χ3n) is 3.23. The monoisotopic (exact) mass is 315 g/mol. The van der Waals surface area contributed by atoms with Crippen molar-refractivity contribution in [1.82, 2.24) is 0 Å². The first kappa shape index (κ1) is 15.8. The highest BCUT2D eigenvalue weighted by Crippen LogP contribution is 2.23. The Balaban J connectivity index is 2.20. The normalized spacial score (nSPS) is 12.0. The molecular weight excluding hydrogens is 298 g/mol. The van der Waals surface area contributed by atoms with Gasteiger partial charge >= 0.3 is 0 Å². The van der Waals surface area contributed by atoms with Crippen molar-refractivity contribution in [2.75, 3.05) is 0 Å². The average Bonchev–Trinajstić information content (AvgIpc) is 3.00. The number of thiophene rings is 1. The SMILES string of the molecule is CC(C)CC(N=C=S)C(=O)c1ccc(-c2ccsc2)cc1. The summed E-state index contributed by atoms with van der Waals surface area (Å²) in [5.74, 6) is 0.397. The molecule has 0 spiro atoms. The van der Waals surface area contributed by atoms with Gasteiger partial charge in [-0.05, 0) is 52.5 Å². The molecule has 0 amide bonds. The Morgan fingerprint density at radius 3 is 2.48 bits per heavy atom. The number of carbonyl (C=O) groups is 1. The number of aliphatic imine (C=N–C) groups is 1. The van der Waals surface area contributed by atoms with Crippen LogP contribution in [0.25, 0.3) is 11.1 Å². The summed E-state index contributed by atoms with van der Waals surface area (Å²) in [4.78, 5) is 16.5. The molecule has 108 valence electrons. The molecule has 0 radical (unpaired) electrons. The maximum Gasteiger partial charge on any atom is 0.188 e. The van der Waals surface area contributed by atoms with E-state index in [-0.39, 0.29) is 5.78 Å². The number of thiocarbonyl (C=S) groups is 1. The molecule has 0 aliphatic heterocycles. The summed E-state index contributed by atoms with van der Waals surface area (Å²) in [6.45, 7) is 4.14. The van der Waals surface area contributed by atoms with E-state index in [2.05, 4.69) is 47.7 Å². The van der Waals surface area contributed by atoms with Gasteiger partial charge in [0.1, 0.15) is 6.04 Å². The summed E-state index contributed by atoms with van der Waals surface area (Å²) < 4.78 is 0. The number of nitrogens with zero attached hydrogens (tertiary/aromatic N) is 1. The standard InChI is InChI=1S/C17H17NOS2/c1-12(2)9-16(18-11-20)17(19)14-5-3-13(4-6-14)15-7-8-21-10-15/h3-8,10,12,16H,9H2,1-2H3. The van der Waals surface area contributed by atoms with E-state index in [4.69, 9.17) is 0 Å². The summed E-state index contributed by atoms with van der Waals surface area (Å²) >= 11 is 6.32. The van der Waals surface area contributed by atoms with Crippen molar-refractivity contribution in [3.05, 3.63) is 46.7 Å². The number of benzene rings is 1. The van der Waals surface area contributed by atoms with Crippen LogP contribution in [0.1, 0.15) is 30.6 Å². The summed E-state index contributed by atoms with van der Waals surface area (Å²) in [5.41, 5.74) is 2.97. The number of hydrogen-bond acceptors (Lipinski definition) is 4. The molecule has 0 saturated carbocycles. The van der Waals surface area contributed by atoms with Crippen LogP contribution in [0.15, 0.2) is 46.1 Å². The van der Waals surface area contributed by atoms with Crippen molar-refractivity contribution in [1.29, 1.82) is 0 Å². The van der Waals surface area contributed by atoms with Gasteiger partial charge in [0.25, 0.3) is 0 Å². The van der Waals surface area contributed by atoms with Crippen LogP contribution in [0.3, 0.4) is 0 Å². The highest BCUT2D eigenvalue weighted by molar-refractivity contribution is 7.78. The Hall–Kier alpha value is -1.61. The van der Waals surface area contributed by atoms with Crippen molar-refractivity contribution in [3.63, 3.8) is 0 Å².